The van der Waals surface area contributed by atoms with E-state index < -0.39 is 0 Å². The Hall–Kier alpha value is -1.43. The van der Waals surface area contributed by atoms with E-state index in [4.69, 9.17) is 0 Å². The van der Waals surface area contributed by atoms with Crippen molar-refractivity contribution < 1.29 is 0 Å². The zero-order valence-corrected chi connectivity index (χ0v) is 13.1. The van der Waals surface area contributed by atoms with E-state index in [1.807, 2.05) is 6.92 Å². The molecule has 2 aliphatic carbocycles. The molecule has 0 N–H and O–H groups in total. The molecule has 2 heterocycles. The lowest BCUT2D eigenvalue weighted by Gasteiger charge is -2.20. The Bertz CT molecular complexity index is 700. The van der Waals surface area contributed by atoms with E-state index in [1.54, 1.807) is 17.4 Å². The minimum Gasteiger partial charge on any atom is -0.346 e. The Morgan fingerprint density at radius 3 is 2.52 bits per heavy atom. The Morgan fingerprint density at radius 2 is 1.95 bits per heavy atom. The molecule has 112 valence electrons. The second-order valence-corrected chi connectivity index (χ2v) is 7.24. The van der Waals surface area contributed by atoms with Crippen LogP contribution in [0.4, 0.5) is 5.13 Å². The highest BCUT2D eigenvalue weighted by Crippen LogP contribution is 2.36. The number of hydrogen-bond donors (Lipinski definition) is 0. The zero-order chi connectivity index (χ0) is 14.4. The van der Waals surface area contributed by atoms with E-state index in [9.17, 15) is 4.79 Å². The summed E-state index contributed by atoms with van der Waals surface area (Å²) in [7, 11) is 0. The first-order chi connectivity index (χ1) is 10.2. The number of anilines is 1. The van der Waals surface area contributed by atoms with Crippen LogP contribution >= 0.6 is 11.3 Å². The molecule has 0 bridgehead atoms. The molecule has 0 spiro atoms. The fourth-order valence-electron chi connectivity index (χ4n) is 2.61. The molecule has 2 aliphatic rings. The van der Waals surface area contributed by atoms with Gasteiger partial charge in [0, 0.05) is 24.8 Å². The third-order valence-corrected chi connectivity index (χ3v) is 5.24. The van der Waals surface area contributed by atoms with Gasteiger partial charge in [0.15, 0.2) is 0 Å². The summed E-state index contributed by atoms with van der Waals surface area (Å²) in [5.74, 6) is 1.65. The van der Waals surface area contributed by atoms with Gasteiger partial charge in [-0.25, -0.2) is 4.98 Å². The molecule has 2 aromatic rings. The third-order valence-electron chi connectivity index (χ3n) is 4.27. The molecule has 0 atom stereocenters. The van der Waals surface area contributed by atoms with Crippen LogP contribution in [0.2, 0.25) is 0 Å². The van der Waals surface area contributed by atoms with E-state index in [-0.39, 0.29) is 5.56 Å². The lowest BCUT2D eigenvalue weighted by molar-refractivity contribution is 0.670. The van der Waals surface area contributed by atoms with Crippen LogP contribution in [0.5, 0.6) is 0 Å². The highest BCUT2D eigenvalue weighted by Gasteiger charge is 2.30. The SMILES string of the molecule is CCc1cc(=O)n2nc(N(CC3CC3)CC3CC3)sc2n1. The summed E-state index contributed by atoms with van der Waals surface area (Å²) < 4.78 is 1.46. The van der Waals surface area contributed by atoms with Crippen molar-refractivity contribution in [3.05, 3.63) is 22.1 Å². The predicted molar refractivity (Wildman–Crippen MR) is 84.2 cm³/mol. The molecule has 6 heteroatoms. The van der Waals surface area contributed by atoms with Crippen molar-refractivity contribution in [2.45, 2.75) is 39.0 Å². The van der Waals surface area contributed by atoms with Gasteiger partial charge >= 0.3 is 0 Å². The first-order valence-corrected chi connectivity index (χ1v) is 8.69. The van der Waals surface area contributed by atoms with Crippen LogP contribution in [-0.4, -0.2) is 27.7 Å². The van der Waals surface area contributed by atoms with Crippen LogP contribution in [-0.2, 0) is 6.42 Å². The topological polar surface area (TPSA) is 50.5 Å². The van der Waals surface area contributed by atoms with E-state index in [0.717, 1.165) is 47.1 Å². The third kappa shape index (κ3) is 2.81. The highest BCUT2D eigenvalue weighted by molar-refractivity contribution is 7.20. The molecule has 2 aromatic heterocycles. The molecule has 2 fully saturated rings. The number of nitrogens with zero attached hydrogens (tertiary/aromatic N) is 4. The second kappa shape index (κ2) is 5.09. The molecule has 0 unspecified atom stereocenters. The zero-order valence-electron chi connectivity index (χ0n) is 12.3. The Balaban J connectivity index is 1.69. The van der Waals surface area contributed by atoms with Gasteiger partial charge in [0.25, 0.3) is 5.56 Å². The van der Waals surface area contributed by atoms with Gasteiger partial charge in [0.1, 0.15) is 0 Å². The fourth-order valence-corrected chi connectivity index (χ4v) is 3.55. The summed E-state index contributed by atoms with van der Waals surface area (Å²) in [6.07, 6.45) is 6.13. The van der Waals surface area contributed by atoms with Crippen molar-refractivity contribution in [2.75, 3.05) is 18.0 Å². The van der Waals surface area contributed by atoms with Gasteiger partial charge in [-0.2, -0.15) is 4.52 Å². The van der Waals surface area contributed by atoms with Crippen molar-refractivity contribution in [3.63, 3.8) is 0 Å². The van der Waals surface area contributed by atoms with Crippen LogP contribution < -0.4 is 10.5 Å². The fraction of sp³-hybridized carbons (Fsp3) is 0.667. The first kappa shape index (κ1) is 13.2. The van der Waals surface area contributed by atoms with Gasteiger partial charge < -0.3 is 4.90 Å². The summed E-state index contributed by atoms with van der Waals surface area (Å²) in [5, 5.41) is 5.50. The second-order valence-electron chi connectivity index (χ2n) is 6.31. The number of hydrogen-bond acceptors (Lipinski definition) is 5. The molecule has 5 nitrogen and oxygen atoms in total. The van der Waals surface area contributed by atoms with Gasteiger partial charge in [-0.1, -0.05) is 18.3 Å². The van der Waals surface area contributed by atoms with E-state index >= 15 is 0 Å². The van der Waals surface area contributed by atoms with Crippen molar-refractivity contribution in [2.24, 2.45) is 11.8 Å². The summed E-state index contributed by atoms with van der Waals surface area (Å²) in [4.78, 5) is 19.8. The number of fused-ring (bicyclic) bond motifs is 1. The smallest absolute Gasteiger partial charge is 0.275 e. The van der Waals surface area contributed by atoms with Crippen molar-refractivity contribution in [1.29, 1.82) is 0 Å². The van der Waals surface area contributed by atoms with E-state index in [0.29, 0.717) is 0 Å². The monoisotopic (exact) mass is 304 g/mol. The molecule has 0 aliphatic heterocycles. The minimum absolute atomic E-state index is 0.0582. The van der Waals surface area contributed by atoms with Crippen LogP contribution in [0.15, 0.2) is 10.9 Å². The summed E-state index contributed by atoms with van der Waals surface area (Å²) in [5.41, 5.74) is 0.795. The first-order valence-electron chi connectivity index (χ1n) is 7.87. The maximum atomic E-state index is 12.1. The van der Waals surface area contributed by atoms with Gasteiger partial charge in [-0.05, 0) is 43.9 Å². The van der Waals surface area contributed by atoms with Crippen molar-refractivity contribution in [1.82, 2.24) is 14.6 Å². The number of aromatic nitrogens is 3. The summed E-state index contributed by atoms with van der Waals surface area (Å²) in [6, 6.07) is 1.60. The molecule has 2 saturated carbocycles. The molecular formula is C15H20N4OS. The molecule has 0 amide bonds. The van der Waals surface area contributed by atoms with Gasteiger partial charge in [-0.15, -0.1) is 5.10 Å². The van der Waals surface area contributed by atoms with Crippen molar-refractivity contribution in [3.8, 4) is 0 Å². The predicted octanol–water partition coefficient (Wildman–Crippen LogP) is 2.34. The number of rotatable bonds is 6. The number of aryl methyl sites for hydroxylation is 1. The molecular weight excluding hydrogens is 284 g/mol. The molecule has 4 rings (SSSR count). The van der Waals surface area contributed by atoms with Crippen LogP contribution in [0.3, 0.4) is 0 Å². The lowest BCUT2D eigenvalue weighted by atomic mass is 10.3. The van der Waals surface area contributed by atoms with Crippen molar-refractivity contribution >= 4 is 21.4 Å². The average Bonchev–Trinajstić information content (AvgIpc) is 3.39. The lowest BCUT2D eigenvalue weighted by Crippen LogP contribution is -2.28. The largest absolute Gasteiger partial charge is 0.346 e. The van der Waals surface area contributed by atoms with Crippen LogP contribution in [0.25, 0.3) is 4.96 Å². The highest BCUT2D eigenvalue weighted by atomic mass is 32.1. The van der Waals surface area contributed by atoms with Gasteiger partial charge in [-0.3, -0.25) is 4.79 Å². The molecule has 0 radical (unpaired) electrons. The quantitative estimate of drug-likeness (QED) is 0.822. The standard InChI is InChI=1S/C15H20N4OS/c1-2-12-7-13(20)19-14(16-12)21-15(17-19)18(8-10-3-4-10)9-11-5-6-11/h7,10-11H,2-6,8-9H2,1H3. The van der Waals surface area contributed by atoms with Gasteiger partial charge in [0.05, 0.1) is 0 Å². The summed E-state index contributed by atoms with van der Waals surface area (Å²) in [6.45, 7) is 4.20. The maximum Gasteiger partial charge on any atom is 0.275 e. The Labute approximate surface area is 127 Å². The van der Waals surface area contributed by atoms with Crippen LogP contribution in [0.1, 0.15) is 38.3 Å². The molecule has 0 saturated heterocycles. The minimum atomic E-state index is -0.0582. The average molecular weight is 304 g/mol. The van der Waals surface area contributed by atoms with E-state index in [2.05, 4.69) is 15.0 Å². The Morgan fingerprint density at radius 1 is 1.29 bits per heavy atom. The van der Waals surface area contributed by atoms with Gasteiger partial charge in [0.2, 0.25) is 10.1 Å². The van der Waals surface area contributed by atoms with Crippen LogP contribution in [0, 0.1) is 11.8 Å². The molecule has 0 aromatic carbocycles. The Kier molecular flexibility index (Phi) is 3.21. The normalized spacial score (nSPS) is 18.3. The maximum absolute atomic E-state index is 12.1. The molecule has 21 heavy (non-hydrogen) atoms. The van der Waals surface area contributed by atoms with E-state index in [1.165, 1.54) is 30.2 Å². The summed E-state index contributed by atoms with van der Waals surface area (Å²) >= 11 is 1.56.